The van der Waals surface area contributed by atoms with Gasteiger partial charge in [-0.05, 0) is 48.7 Å². The zero-order chi connectivity index (χ0) is 29.6. The number of nitrogens with one attached hydrogen (secondary N) is 1. The van der Waals surface area contributed by atoms with Crippen molar-refractivity contribution in [3.05, 3.63) is 95.6 Å². The van der Waals surface area contributed by atoms with Crippen LogP contribution >= 0.6 is 0 Å². The Morgan fingerprint density at radius 1 is 0.976 bits per heavy atom. The minimum atomic E-state index is -4.07. The molecule has 0 saturated heterocycles. The minimum Gasteiger partial charge on any atom is -0.497 e. The first-order valence-corrected chi connectivity index (χ1v) is 15.0. The molecule has 10 heteroatoms. The fraction of sp³-hybridized carbons (Fsp3) is 0.323. The average molecular weight is 578 g/mol. The van der Waals surface area contributed by atoms with Gasteiger partial charge in [0, 0.05) is 32.0 Å². The van der Waals surface area contributed by atoms with Gasteiger partial charge in [0.15, 0.2) is 0 Å². The molecular weight excluding hydrogens is 542 g/mol. The van der Waals surface area contributed by atoms with Crippen molar-refractivity contribution in [2.24, 2.45) is 0 Å². The zero-order valence-electron chi connectivity index (χ0n) is 23.4. The fourth-order valence-electron chi connectivity index (χ4n) is 4.76. The monoisotopic (exact) mass is 577 g/mol. The number of ether oxygens (including phenoxy) is 1. The molecule has 0 unspecified atom stereocenters. The number of rotatable bonds is 12. The largest absolute Gasteiger partial charge is 0.497 e. The number of methoxy groups -OCH3 is 1. The van der Waals surface area contributed by atoms with E-state index in [1.54, 1.807) is 37.4 Å². The molecule has 0 spiro atoms. The van der Waals surface area contributed by atoms with Gasteiger partial charge in [-0.2, -0.15) is 0 Å². The number of nitrogens with zero attached hydrogens (tertiary/aromatic N) is 2. The lowest BCUT2D eigenvalue weighted by Gasteiger charge is -2.33. The Labute approximate surface area is 241 Å². The molecule has 0 bridgehead atoms. The number of carbonyl (C=O) groups excluding carboxylic acids is 3. The van der Waals surface area contributed by atoms with Gasteiger partial charge in [0.2, 0.25) is 11.8 Å². The Kier molecular flexibility index (Phi) is 9.44. The van der Waals surface area contributed by atoms with E-state index in [1.807, 2.05) is 50.2 Å². The third kappa shape index (κ3) is 6.77. The second kappa shape index (κ2) is 13.0. The van der Waals surface area contributed by atoms with Crippen LogP contribution in [0.15, 0.2) is 83.8 Å². The first kappa shape index (κ1) is 29.8. The molecule has 1 heterocycles. The lowest BCUT2D eigenvalue weighted by Crippen LogP contribution is -2.52. The van der Waals surface area contributed by atoms with E-state index in [9.17, 15) is 22.8 Å². The summed E-state index contributed by atoms with van der Waals surface area (Å²) in [4.78, 5) is 41.9. The van der Waals surface area contributed by atoms with E-state index in [-0.39, 0.29) is 48.3 Å². The molecule has 9 nitrogen and oxygen atoms in total. The van der Waals surface area contributed by atoms with Crippen molar-refractivity contribution < 1.29 is 27.5 Å². The molecule has 1 aliphatic heterocycles. The van der Waals surface area contributed by atoms with Gasteiger partial charge in [-0.25, -0.2) is 12.7 Å². The molecule has 1 aliphatic rings. The Balaban J connectivity index is 1.65. The minimum absolute atomic E-state index is 0.0689. The lowest BCUT2D eigenvalue weighted by molar-refractivity contribution is -0.141. The Hall–Kier alpha value is -4.18. The van der Waals surface area contributed by atoms with Gasteiger partial charge in [0.25, 0.3) is 15.9 Å². The van der Waals surface area contributed by atoms with Crippen LogP contribution in [0, 0.1) is 0 Å². The number of hydrogen-bond acceptors (Lipinski definition) is 6. The first-order chi connectivity index (χ1) is 19.6. The highest BCUT2D eigenvalue weighted by molar-refractivity contribution is 7.90. The van der Waals surface area contributed by atoms with Crippen molar-refractivity contribution >= 4 is 27.7 Å². The molecular formula is C31H35N3O6S. The van der Waals surface area contributed by atoms with Gasteiger partial charge < -0.3 is 15.0 Å². The van der Waals surface area contributed by atoms with E-state index in [2.05, 4.69) is 5.32 Å². The Bertz CT molecular complexity index is 1510. The van der Waals surface area contributed by atoms with Gasteiger partial charge in [0.05, 0.1) is 12.7 Å². The molecule has 0 aromatic heterocycles. The molecule has 3 aromatic rings. The van der Waals surface area contributed by atoms with Crippen molar-refractivity contribution in [3.63, 3.8) is 0 Å². The van der Waals surface area contributed by atoms with Crippen molar-refractivity contribution in [1.29, 1.82) is 0 Å². The molecule has 2 atom stereocenters. The molecule has 1 N–H and O–H groups in total. The maximum Gasteiger partial charge on any atom is 0.269 e. The SMILES string of the molecule is CC[C@@H](C)NC(=O)[C@@H](Cc1ccccc1)N(Cc1cccc(OC)c1)C(=O)CCN1C(=O)c2ccccc2S1(=O)=O. The molecule has 4 rings (SSSR count). The maximum absolute atomic E-state index is 13.9. The number of carbonyl (C=O) groups is 3. The molecule has 0 saturated carbocycles. The summed E-state index contributed by atoms with van der Waals surface area (Å²) in [5.74, 6) is -0.822. The first-order valence-electron chi connectivity index (χ1n) is 13.6. The van der Waals surface area contributed by atoms with Crippen LogP contribution < -0.4 is 10.1 Å². The molecule has 216 valence electrons. The summed E-state index contributed by atoms with van der Waals surface area (Å²) < 4.78 is 32.3. The second-order valence-electron chi connectivity index (χ2n) is 10.0. The van der Waals surface area contributed by atoms with Crippen molar-refractivity contribution in [2.45, 2.75) is 56.6 Å². The smallest absolute Gasteiger partial charge is 0.269 e. The van der Waals surface area contributed by atoms with Crippen LogP contribution in [0.4, 0.5) is 0 Å². The molecule has 3 amide bonds. The topological polar surface area (TPSA) is 113 Å². The predicted molar refractivity (Wildman–Crippen MR) is 155 cm³/mol. The van der Waals surface area contributed by atoms with E-state index in [4.69, 9.17) is 4.74 Å². The molecule has 3 aromatic carbocycles. The summed E-state index contributed by atoms with van der Waals surface area (Å²) in [5.41, 5.74) is 1.69. The highest BCUT2D eigenvalue weighted by atomic mass is 32.2. The lowest BCUT2D eigenvalue weighted by atomic mass is 10.0. The Morgan fingerprint density at radius 3 is 2.34 bits per heavy atom. The van der Waals surface area contributed by atoms with Gasteiger partial charge in [-0.1, -0.05) is 61.5 Å². The van der Waals surface area contributed by atoms with Gasteiger partial charge in [0.1, 0.15) is 16.7 Å². The number of hydrogen-bond donors (Lipinski definition) is 1. The van der Waals surface area contributed by atoms with Crippen LogP contribution in [0.25, 0.3) is 0 Å². The summed E-state index contributed by atoms with van der Waals surface area (Å²) in [7, 11) is -2.53. The summed E-state index contributed by atoms with van der Waals surface area (Å²) in [6.07, 6.45) is 0.680. The molecule has 0 aliphatic carbocycles. The number of amides is 3. The van der Waals surface area contributed by atoms with Crippen molar-refractivity contribution in [1.82, 2.24) is 14.5 Å². The summed E-state index contributed by atoms with van der Waals surface area (Å²) in [5, 5.41) is 3.00. The van der Waals surface area contributed by atoms with Gasteiger partial charge >= 0.3 is 0 Å². The second-order valence-corrected chi connectivity index (χ2v) is 11.9. The highest BCUT2D eigenvalue weighted by Crippen LogP contribution is 2.30. The standard InChI is InChI=1S/C31H35N3O6S/c1-4-22(2)32-30(36)27(20-23-11-6-5-7-12-23)33(21-24-13-10-14-25(19-24)40-3)29(35)17-18-34-31(37)26-15-8-9-16-28(26)41(34,38)39/h5-16,19,22,27H,4,17-18,20-21H2,1-3H3,(H,32,36)/t22-,27-/m1/s1. The van der Waals surface area contributed by atoms with Gasteiger partial charge in [-0.15, -0.1) is 0 Å². The molecule has 0 fully saturated rings. The van der Waals surface area contributed by atoms with E-state index in [1.165, 1.54) is 17.0 Å². The van der Waals surface area contributed by atoms with Crippen LogP contribution in [-0.4, -0.2) is 61.1 Å². The van der Waals surface area contributed by atoms with Crippen LogP contribution in [0.2, 0.25) is 0 Å². The third-order valence-corrected chi connectivity index (χ3v) is 9.04. The average Bonchev–Trinajstić information content (AvgIpc) is 3.18. The van der Waals surface area contributed by atoms with E-state index >= 15 is 0 Å². The van der Waals surface area contributed by atoms with Crippen LogP contribution in [0.3, 0.4) is 0 Å². The van der Waals surface area contributed by atoms with Crippen molar-refractivity contribution in [3.8, 4) is 5.75 Å². The zero-order valence-corrected chi connectivity index (χ0v) is 24.3. The van der Waals surface area contributed by atoms with E-state index in [0.717, 1.165) is 15.4 Å². The quantitative estimate of drug-likeness (QED) is 0.351. The van der Waals surface area contributed by atoms with E-state index in [0.29, 0.717) is 12.2 Å². The maximum atomic E-state index is 13.9. The third-order valence-electron chi connectivity index (χ3n) is 7.20. The van der Waals surface area contributed by atoms with E-state index < -0.39 is 27.9 Å². The molecule has 0 radical (unpaired) electrons. The van der Waals surface area contributed by atoms with Crippen LogP contribution in [0.1, 0.15) is 48.2 Å². The highest BCUT2D eigenvalue weighted by Gasteiger charge is 2.41. The van der Waals surface area contributed by atoms with Crippen LogP contribution in [0.5, 0.6) is 5.75 Å². The number of fused-ring (bicyclic) bond motifs is 1. The predicted octanol–water partition coefficient (Wildman–Crippen LogP) is 3.78. The summed E-state index contributed by atoms with van der Waals surface area (Å²) in [6, 6.07) is 21.6. The number of benzene rings is 3. The summed E-state index contributed by atoms with van der Waals surface area (Å²) >= 11 is 0. The Morgan fingerprint density at radius 2 is 1.66 bits per heavy atom. The molecule has 41 heavy (non-hydrogen) atoms. The van der Waals surface area contributed by atoms with Gasteiger partial charge in [-0.3, -0.25) is 14.4 Å². The fourth-order valence-corrected chi connectivity index (χ4v) is 6.33. The normalized spacial score (nSPS) is 15.1. The van der Waals surface area contributed by atoms with Crippen molar-refractivity contribution in [2.75, 3.05) is 13.7 Å². The summed E-state index contributed by atoms with van der Waals surface area (Å²) in [6.45, 7) is 3.60. The number of sulfonamides is 1. The van der Waals surface area contributed by atoms with Crippen LogP contribution in [-0.2, 0) is 32.6 Å².